The third kappa shape index (κ3) is 5.90. The summed E-state index contributed by atoms with van der Waals surface area (Å²) in [5.74, 6) is -0.456. The molecule has 0 aliphatic rings. The molecular formula is C13H19BrClN3O2. The summed E-state index contributed by atoms with van der Waals surface area (Å²) < 4.78 is 0.806. The Morgan fingerprint density at radius 3 is 2.50 bits per heavy atom. The molecule has 112 valence electrons. The quantitative estimate of drug-likeness (QED) is 0.751. The average Bonchev–Trinajstić information content (AvgIpc) is 2.32. The first-order chi connectivity index (χ1) is 8.93. The standard InChI is InChI=1S/C13H18BrN3O2.ClH/c1-3-4-10(15)13(19)17-12-7-9(14)5-6-11(12)16-8(2)18;/h5-7,10H,3-4,15H2,1-2H3,(H,16,18)(H,17,19);1H. The van der Waals surface area contributed by atoms with Crippen LogP contribution < -0.4 is 16.4 Å². The van der Waals surface area contributed by atoms with Gasteiger partial charge in [-0.1, -0.05) is 29.3 Å². The van der Waals surface area contributed by atoms with Crippen molar-refractivity contribution in [3.8, 4) is 0 Å². The normalized spacial score (nSPS) is 11.2. The van der Waals surface area contributed by atoms with Crippen molar-refractivity contribution in [1.82, 2.24) is 0 Å². The zero-order valence-corrected chi connectivity index (χ0v) is 13.8. The number of carbonyl (C=O) groups excluding carboxylic acids is 2. The first-order valence-corrected chi connectivity index (χ1v) is 6.87. The molecule has 2 amide bonds. The van der Waals surface area contributed by atoms with Gasteiger partial charge in [-0.2, -0.15) is 0 Å². The molecule has 1 rings (SSSR count). The van der Waals surface area contributed by atoms with Crippen molar-refractivity contribution in [3.05, 3.63) is 22.7 Å². The fourth-order valence-electron chi connectivity index (χ4n) is 1.59. The van der Waals surface area contributed by atoms with Crippen LogP contribution in [-0.4, -0.2) is 17.9 Å². The predicted octanol–water partition coefficient (Wildman–Crippen LogP) is 2.90. The van der Waals surface area contributed by atoms with Gasteiger partial charge in [-0.05, 0) is 24.6 Å². The van der Waals surface area contributed by atoms with Crippen LogP contribution in [0.15, 0.2) is 22.7 Å². The Morgan fingerprint density at radius 2 is 1.95 bits per heavy atom. The van der Waals surface area contributed by atoms with E-state index in [2.05, 4.69) is 26.6 Å². The van der Waals surface area contributed by atoms with E-state index in [4.69, 9.17) is 5.73 Å². The Balaban J connectivity index is 0.00000361. The molecule has 0 saturated heterocycles. The Bertz CT molecular complexity index is 483. The summed E-state index contributed by atoms with van der Waals surface area (Å²) >= 11 is 3.32. The van der Waals surface area contributed by atoms with Crippen molar-refractivity contribution >= 4 is 51.5 Å². The number of hydrogen-bond donors (Lipinski definition) is 3. The molecule has 0 aromatic heterocycles. The summed E-state index contributed by atoms with van der Waals surface area (Å²) in [4.78, 5) is 23.0. The largest absolute Gasteiger partial charge is 0.325 e. The van der Waals surface area contributed by atoms with E-state index in [0.717, 1.165) is 10.9 Å². The van der Waals surface area contributed by atoms with Gasteiger partial charge in [0, 0.05) is 11.4 Å². The number of carbonyl (C=O) groups is 2. The molecule has 0 aliphatic heterocycles. The van der Waals surface area contributed by atoms with Crippen molar-refractivity contribution in [3.63, 3.8) is 0 Å². The van der Waals surface area contributed by atoms with Crippen molar-refractivity contribution in [2.45, 2.75) is 32.7 Å². The summed E-state index contributed by atoms with van der Waals surface area (Å²) in [5, 5.41) is 5.39. The van der Waals surface area contributed by atoms with Gasteiger partial charge in [0.05, 0.1) is 17.4 Å². The summed E-state index contributed by atoms with van der Waals surface area (Å²) in [7, 11) is 0. The zero-order valence-electron chi connectivity index (χ0n) is 11.4. The number of benzene rings is 1. The van der Waals surface area contributed by atoms with Gasteiger partial charge in [0.15, 0.2) is 0 Å². The molecule has 1 atom stereocenters. The molecule has 7 heteroatoms. The SMILES string of the molecule is CCCC(N)C(=O)Nc1cc(Br)ccc1NC(C)=O.Cl. The van der Waals surface area contributed by atoms with Crippen molar-refractivity contribution in [2.75, 3.05) is 10.6 Å². The second-order valence-corrected chi connectivity index (χ2v) is 5.17. The highest BCUT2D eigenvalue weighted by Gasteiger charge is 2.14. The molecule has 0 spiro atoms. The molecule has 5 nitrogen and oxygen atoms in total. The first-order valence-electron chi connectivity index (χ1n) is 6.07. The van der Waals surface area contributed by atoms with Gasteiger partial charge in [0.2, 0.25) is 11.8 Å². The predicted molar refractivity (Wildman–Crippen MR) is 87.2 cm³/mol. The highest BCUT2D eigenvalue weighted by Crippen LogP contribution is 2.26. The minimum atomic E-state index is -0.547. The molecule has 4 N–H and O–H groups in total. The Morgan fingerprint density at radius 1 is 1.30 bits per heavy atom. The van der Waals surface area contributed by atoms with Gasteiger partial charge >= 0.3 is 0 Å². The summed E-state index contributed by atoms with van der Waals surface area (Å²) in [6, 6.07) is 4.68. The molecule has 0 radical (unpaired) electrons. The second kappa shape index (κ2) is 8.94. The molecule has 0 bridgehead atoms. The lowest BCUT2D eigenvalue weighted by molar-refractivity contribution is -0.117. The van der Waals surface area contributed by atoms with E-state index in [-0.39, 0.29) is 24.2 Å². The summed E-state index contributed by atoms with van der Waals surface area (Å²) in [6.07, 6.45) is 1.46. The molecule has 1 aromatic rings. The Labute approximate surface area is 133 Å². The lowest BCUT2D eigenvalue weighted by Crippen LogP contribution is -2.35. The maximum Gasteiger partial charge on any atom is 0.241 e. The van der Waals surface area contributed by atoms with Gasteiger partial charge in [0.1, 0.15) is 0 Å². The van der Waals surface area contributed by atoms with E-state index in [9.17, 15) is 9.59 Å². The Hall–Kier alpha value is -1.11. The number of anilines is 2. The maximum atomic E-state index is 11.9. The topological polar surface area (TPSA) is 84.2 Å². The fraction of sp³-hybridized carbons (Fsp3) is 0.385. The monoisotopic (exact) mass is 363 g/mol. The minimum absolute atomic E-state index is 0. The fourth-order valence-corrected chi connectivity index (χ4v) is 1.95. The van der Waals surface area contributed by atoms with E-state index in [0.29, 0.717) is 17.8 Å². The molecular weight excluding hydrogens is 346 g/mol. The van der Waals surface area contributed by atoms with Crippen LogP contribution in [0.5, 0.6) is 0 Å². The smallest absolute Gasteiger partial charge is 0.241 e. The highest BCUT2D eigenvalue weighted by molar-refractivity contribution is 9.10. The van der Waals surface area contributed by atoms with Gasteiger partial charge < -0.3 is 16.4 Å². The van der Waals surface area contributed by atoms with Crippen LogP contribution in [0.4, 0.5) is 11.4 Å². The minimum Gasteiger partial charge on any atom is -0.325 e. The van der Waals surface area contributed by atoms with Crippen LogP contribution in [-0.2, 0) is 9.59 Å². The molecule has 1 aromatic carbocycles. The van der Waals surface area contributed by atoms with Gasteiger partial charge in [-0.25, -0.2) is 0 Å². The van der Waals surface area contributed by atoms with E-state index >= 15 is 0 Å². The molecule has 20 heavy (non-hydrogen) atoms. The van der Waals surface area contributed by atoms with Gasteiger partial charge in [-0.15, -0.1) is 12.4 Å². The van der Waals surface area contributed by atoms with Gasteiger partial charge in [-0.3, -0.25) is 9.59 Å². The summed E-state index contributed by atoms with van der Waals surface area (Å²) in [6.45, 7) is 3.38. The first kappa shape index (κ1) is 18.9. The van der Waals surface area contributed by atoms with Crippen LogP contribution in [0.1, 0.15) is 26.7 Å². The molecule has 0 aliphatic carbocycles. The highest BCUT2D eigenvalue weighted by atomic mass is 79.9. The maximum absolute atomic E-state index is 11.9. The van der Waals surface area contributed by atoms with E-state index in [1.165, 1.54) is 6.92 Å². The number of rotatable bonds is 5. The number of nitrogens with one attached hydrogen (secondary N) is 2. The van der Waals surface area contributed by atoms with Crippen LogP contribution in [0, 0.1) is 0 Å². The molecule has 1 unspecified atom stereocenters. The van der Waals surface area contributed by atoms with E-state index < -0.39 is 6.04 Å². The number of hydrogen-bond acceptors (Lipinski definition) is 3. The van der Waals surface area contributed by atoms with Crippen LogP contribution in [0.25, 0.3) is 0 Å². The lowest BCUT2D eigenvalue weighted by atomic mass is 10.1. The van der Waals surface area contributed by atoms with Gasteiger partial charge in [0.25, 0.3) is 0 Å². The number of halogens is 2. The van der Waals surface area contributed by atoms with E-state index in [1.54, 1.807) is 18.2 Å². The second-order valence-electron chi connectivity index (χ2n) is 4.26. The third-order valence-electron chi connectivity index (χ3n) is 2.49. The molecule has 0 fully saturated rings. The molecule has 0 heterocycles. The lowest BCUT2D eigenvalue weighted by Gasteiger charge is -2.15. The van der Waals surface area contributed by atoms with Crippen LogP contribution in [0.3, 0.4) is 0 Å². The molecule has 0 saturated carbocycles. The van der Waals surface area contributed by atoms with Crippen LogP contribution >= 0.6 is 28.3 Å². The Kier molecular flexibility index (Phi) is 8.45. The van der Waals surface area contributed by atoms with Crippen molar-refractivity contribution < 1.29 is 9.59 Å². The third-order valence-corrected chi connectivity index (χ3v) is 2.98. The zero-order chi connectivity index (χ0) is 14.4. The average molecular weight is 365 g/mol. The number of nitrogens with two attached hydrogens (primary N) is 1. The summed E-state index contributed by atoms with van der Waals surface area (Å²) in [5.41, 5.74) is 6.83. The van der Waals surface area contributed by atoms with Crippen molar-refractivity contribution in [2.24, 2.45) is 5.73 Å². The van der Waals surface area contributed by atoms with Crippen LogP contribution in [0.2, 0.25) is 0 Å². The number of amides is 2. The van der Waals surface area contributed by atoms with Crippen molar-refractivity contribution in [1.29, 1.82) is 0 Å². The van der Waals surface area contributed by atoms with E-state index in [1.807, 2.05) is 6.92 Å².